The zero-order valence-corrected chi connectivity index (χ0v) is 9.87. The first-order valence-electron chi connectivity index (χ1n) is 5.59. The minimum atomic E-state index is -1.17. The quantitative estimate of drug-likeness (QED) is 0.854. The number of nitrogens with one attached hydrogen (secondary N) is 1. The fourth-order valence-electron chi connectivity index (χ4n) is 1.87. The Balaban J connectivity index is 2.16. The number of allylic oxidation sites excluding steroid dienone is 1. The highest BCUT2D eigenvalue weighted by atomic mass is 16.4. The van der Waals surface area contributed by atoms with Gasteiger partial charge in [0.05, 0.1) is 5.70 Å². The molecule has 1 aromatic heterocycles. The summed E-state index contributed by atoms with van der Waals surface area (Å²) in [7, 11) is 0. The van der Waals surface area contributed by atoms with E-state index in [1.807, 2.05) is 30.3 Å². The molecular weight excluding hydrogens is 244 g/mol. The van der Waals surface area contributed by atoms with Crippen molar-refractivity contribution in [3.05, 3.63) is 60.1 Å². The molecule has 0 aliphatic carbocycles. The van der Waals surface area contributed by atoms with Gasteiger partial charge in [-0.3, -0.25) is 0 Å². The van der Waals surface area contributed by atoms with Gasteiger partial charge < -0.3 is 10.4 Å². The standard InChI is InChI=1S/C13H10N4O2/c1-8-7-10(9-5-3-2-4-6-9)17-13(14-8)15-11(16-17)12(18)19/h2-7H,1H2,(H,18,19)(H,14,15,16). The van der Waals surface area contributed by atoms with Gasteiger partial charge in [-0.25, -0.2) is 4.79 Å². The second kappa shape index (κ2) is 4.09. The van der Waals surface area contributed by atoms with Crippen molar-refractivity contribution in [3.63, 3.8) is 0 Å². The molecule has 2 aromatic rings. The summed E-state index contributed by atoms with van der Waals surface area (Å²) >= 11 is 0. The van der Waals surface area contributed by atoms with Crippen LogP contribution in [0.15, 0.2) is 48.7 Å². The van der Waals surface area contributed by atoms with Crippen LogP contribution in [0.5, 0.6) is 0 Å². The normalized spacial score (nSPS) is 13.5. The van der Waals surface area contributed by atoms with Gasteiger partial charge in [-0.2, -0.15) is 9.67 Å². The Morgan fingerprint density at radius 2 is 2.05 bits per heavy atom. The van der Waals surface area contributed by atoms with Gasteiger partial charge in [-0.1, -0.05) is 36.9 Å². The van der Waals surface area contributed by atoms with Crippen molar-refractivity contribution in [1.82, 2.24) is 14.8 Å². The maximum atomic E-state index is 10.9. The lowest BCUT2D eigenvalue weighted by molar-refractivity contribution is 0.0684. The van der Waals surface area contributed by atoms with Crippen LogP contribution in [-0.2, 0) is 0 Å². The molecule has 0 saturated heterocycles. The van der Waals surface area contributed by atoms with Crippen LogP contribution in [0, 0.1) is 0 Å². The van der Waals surface area contributed by atoms with Crippen molar-refractivity contribution < 1.29 is 9.90 Å². The number of fused-ring (bicyclic) bond motifs is 1. The number of carboxylic acids is 1. The zero-order valence-electron chi connectivity index (χ0n) is 9.87. The lowest BCUT2D eigenvalue weighted by atomic mass is 10.1. The van der Waals surface area contributed by atoms with E-state index in [9.17, 15) is 4.79 Å². The molecule has 19 heavy (non-hydrogen) atoms. The molecule has 3 rings (SSSR count). The lowest BCUT2D eigenvalue weighted by Crippen LogP contribution is -2.13. The van der Waals surface area contributed by atoms with E-state index in [4.69, 9.17) is 5.11 Å². The summed E-state index contributed by atoms with van der Waals surface area (Å²) in [5.74, 6) is -1.07. The van der Waals surface area contributed by atoms with Crippen molar-refractivity contribution in [3.8, 4) is 0 Å². The summed E-state index contributed by atoms with van der Waals surface area (Å²) in [5.41, 5.74) is 2.28. The smallest absolute Gasteiger partial charge is 0.375 e. The monoisotopic (exact) mass is 254 g/mol. The van der Waals surface area contributed by atoms with Gasteiger partial charge in [-0.05, 0) is 6.08 Å². The Bertz CT molecular complexity index is 701. The van der Waals surface area contributed by atoms with Gasteiger partial charge >= 0.3 is 5.97 Å². The SMILES string of the molecule is C=C1C=C(c2ccccc2)n2nc(C(=O)O)nc2N1. The lowest BCUT2D eigenvalue weighted by Gasteiger charge is -2.17. The number of aromatic nitrogens is 3. The molecule has 0 fully saturated rings. The number of anilines is 1. The summed E-state index contributed by atoms with van der Waals surface area (Å²) in [4.78, 5) is 14.9. The Hall–Kier alpha value is -2.89. The maximum absolute atomic E-state index is 10.9. The molecular formula is C13H10N4O2. The van der Waals surface area contributed by atoms with Crippen LogP contribution in [0.2, 0.25) is 0 Å². The van der Waals surface area contributed by atoms with Gasteiger partial charge in [0.1, 0.15) is 0 Å². The van der Waals surface area contributed by atoms with Crippen molar-refractivity contribution in [2.75, 3.05) is 5.32 Å². The van der Waals surface area contributed by atoms with Crippen molar-refractivity contribution in [2.24, 2.45) is 0 Å². The van der Waals surface area contributed by atoms with Crippen LogP contribution in [0.3, 0.4) is 0 Å². The van der Waals surface area contributed by atoms with Gasteiger partial charge in [0.25, 0.3) is 5.82 Å². The van der Waals surface area contributed by atoms with Crippen LogP contribution in [-0.4, -0.2) is 25.8 Å². The van der Waals surface area contributed by atoms with E-state index in [0.29, 0.717) is 11.6 Å². The molecule has 0 spiro atoms. The number of aromatic carboxylic acids is 1. The van der Waals surface area contributed by atoms with E-state index < -0.39 is 5.97 Å². The fraction of sp³-hybridized carbons (Fsp3) is 0. The van der Waals surface area contributed by atoms with E-state index in [2.05, 4.69) is 22.0 Å². The highest BCUT2D eigenvalue weighted by molar-refractivity contribution is 5.84. The summed E-state index contributed by atoms with van der Waals surface area (Å²) in [6.45, 7) is 3.83. The van der Waals surface area contributed by atoms with Gasteiger partial charge in [-0.15, -0.1) is 5.10 Å². The molecule has 2 N–H and O–H groups in total. The van der Waals surface area contributed by atoms with E-state index in [-0.39, 0.29) is 5.82 Å². The summed E-state index contributed by atoms with van der Waals surface area (Å²) in [5, 5.41) is 15.8. The highest BCUT2D eigenvalue weighted by Gasteiger charge is 2.22. The third kappa shape index (κ3) is 1.89. The molecule has 94 valence electrons. The molecule has 0 radical (unpaired) electrons. The molecule has 0 saturated carbocycles. The summed E-state index contributed by atoms with van der Waals surface area (Å²) in [6.07, 6.45) is 1.79. The maximum Gasteiger partial charge on any atom is 0.375 e. The predicted octanol–water partition coefficient (Wildman–Crippen LogP) is 1.80. The predicted molar refractivity (Wildman–Crippen MR) is 69.6 cm³/mol. The van der Waals surface area contributed by atoms with E-state index >= 15 is 0 Å². The molecule has 0 unspecified atom stereocenters. The van der Waals surface area contributed by atoms with Crippen LogP contribution >= 0.6 is 0 Å². The van der Waals surface area contributed by atoms with Gasteiger partial charge in [0.2, 0.25) is 5.95 Å². The third-order valence-corrected chi connectivity index (χ3v) is 2.68. The van der Waals surface area contributed by atoms with Crippen LogP contribution in [0.25, 0.3) is 5.70 Å². The molecule has 0 bridgehead atoms. The Labute approximate surface area is 108 Å². The number of carboxylic acid groups (broad SMARTS) is 1. The molecule has 6 nitrogen and oxygen atoms in total. The van der Waals surface area contributed by atoms with E-state index in [1.54, 1.807) is 6.08 Å². The zero-order chi connectivity index (χ0) is 13.4. The average molecular weight is 254 g/mol. The first-order valence-corrected chi connectivity index (χ1v) is 5.59. The molecule has 1 aliphatic rings. The Morgan fingerprint density at radius 3 is 2.74 bits per heavy atom. The van der Waals surface area contributed by atoms with Crippen LogP contribution in [0.4, 0.5) is 5.95 Å². The van der Waals surface area contributed by atoms with Crippen molar-refractivity contribution in [1.29, 1.82) is 0 Å². The number of hydrogen-bond donors (Lipinski definition) is 2. The Morgan fingerprint density at radius 1 is 1.32 bits per heavy atom. The average Bonchev–Trinajstić information content (AvgIpc) is 2.82. The second-order valence-corrected chi connectivity index (χ2v) is 4.02. The highest BCUT2D eigenvalue weighted by Crippen LogP contribution is 2.26. The molecule has 1 aliphatic heterocycles. The number of hydrogen-bond acceptors (Lipinski definition) is 4. The summed E-state index contributed by atoms with van der Waals surface area (Å²) < 4.78 is 1.47. The first-order chi connectivity index (χ1) is 9.15. The summed E-state index contributed by atoms with van der Waals surface area (Å²) in [6, 6.07) is 9.53. The fourth-order valence-corrected chi connectivity index (χ4v) is 1.87. The van der Waals surface area contributed by atoms with Crippen LogP contribution in [0.1, 0.15) is 16.2 Å². The number of carbonyl (C=O) groups is 1. The number of rotatable bonds is 2. The minimum Gasteiger partial charge on any atom is -0.475 e. The molecule has 0 atom stereocenters. The number of benzene rings is 1. The van der Waals surface area contributed by atoms with E-state index in [0.717, 1.165) is 11.3 Å². The number of nitrogens with zero attached hydrogens (tertiary/aromatic N) is 3. The minimum absolute atomic E-state index is 0.251. The molecule has 2 heterocycles. The largest absolute Gasteiger partial charge is 0.475 e. The Kier molecular flexibility index (Phi) is 2.42. The third-order valence-electron chi connectivity index (χ3n) is 2.68. The van der Waals surface area contributed by atoms with Crippen LogP contribution < -0.4 is 5.32 Å². The second-order valence-electron chi connectivity index (χ2n) is 4.02. The first kappa shape index (κ1) is 11.2. The van der Waals surface area contributed by atoms with E-state index in [1.165, 1.54) is 4.68 Å². The molecule has 0 amide bonds. The van der Waals surface area contributed by atoms with Crippen molar-refractivity contribution in [2.45, 2.75) is 0 Å². The molecule has 6 heteroatoms. The topological polar surface area (TPSA) is 80.0 Å². The van der Waals surface area contributed by atoms with Crippen molar-refractivity contribution >= 4 is 17.6 Å². The van der Waals surface area contributed by atoms with Gasteiger partial charge in [0.15, 0.2) is 0 Å². The van der Waals surface area contributed by atoms with Gasteiger partial charge in [0, 0.05) is 11.3 Å². The molecule has 1 aromatic carbocycles.